The third kappa shape index (κ3) is 2.13. The number of nitrogens with two attached hydrogens (primary N) is 1. The Hall–Kier alpha value is -0.170. The quantitative estimate of drug-likeness (QED) is 0.600. The van der Waals surface area contributed by atoms with E-state index in [1.54, 1.807) is 0 Å². The van der Waals surface area contributed by atoms with Crippen molar-refractivity contribution in [3.05, 3.63) is 0 Å². The summed E-state index contributed by atoms with van der Waals surface area (Å²) in [6.45, 7) is 3.28. The molecule has 11 heavy (non-hydrogen) atoms. The van der Waals surface area contributed by atoms with Gasteiger partial charge in [-0.3, -0.25) is 0 Å². The van der Waals surface area contributed by atoms with E-state index >= 15 is 0 Å². The molecule has 0 aromatic carbocycles. The van der Waals surface area contributed by atoms with Crippen molar-refractivity contribution in [1.82, 2.24) is 4.31 Å². The lowest BCUT2D eigenvalue weighted by molar-refractivity contribution is -0.0135. The molecule has 5 nitrogen and oxygen atoms in total. The molecule has 0 radical (unpaired) electrons. The average molecular weight is 180 g/mol. The lowest BCUT2D eigenvalue weighted by Gasteiger charge is -2.35. The van der Waals surface area contributed by atoms with Crippen molar-refractivity contribution < 1.29 is 13.2 Å². The van der Waals surface area contributed by atoms with Crippen molar-refractivity contribution in [3.63, 3.8) is 0 Å². The predicted octanol–water partition coefficient (Wildman–Crippen LogP) is -1.09. The van der Waals surface area contributed by atoms with E-state index in [1.165, 1.54) is 4.31 Å². The molecule has 0 amide bonds. The molecule has 0 bridgehead atoms. The Bertz CT molecular complexity index is 220. The van der Waals surface area contributed by atoms with Crippen molar-refractivity contribution in [2.75, 3.05) is 19.7 Å². The zero-order valence-corrected chi connectivity index (χ0v) is 7.17. The lowest BCUT2D eigenvalue weighted by Crippen LogP contribution is -2.56. The second kappa shape index (κ2) is 3.06. The van der Waals surface area contributed by atoms with Gasteiger partial charge in [-0.2, -0.15) is 12.7 Å². The summed E-state index contributed by atoms with van der Waals surface area (Å²) < 4.78 is 27.6. The molecule has 0 aliphatic carbocycles. The highest BCUT2D eigenvalue weighted by Crippen LogP contribution is 2.13. The molecule has 1 heterocycles. The number of rotatable bonds is 3. The summed E-state index contributed by atoms with van der Waals surface area (Å²) in [6.07, 6.45) is 0.0401. The lowest BCUT2D eigenvalue weighted by atomic mass is 10.2. The summed E-state index contributed by atoms with van der Waals surface area (Å²) >= 11 is 0. The molecule has 2 N–H and O–H groups in total. The molecular weight excluding hydrogens is 168 g/mol. The second-order valence-electron chi connectivity index (χ2n) is 2.44. The van der Waals surface area contributed by atoms with E-state index < -0.39 is 10.2 Å². The van der Waals surface area contributed by atoms with Crippen molar-refractivity contribution in [3.8, 4) is 0 Å². The van der Waals surface area contributed by atoms with Crippen LogP contribution in [0.25, 0.3) is 0 Å². The van der Waals surface area contributed by atoms with Crippen molar-refractivity contribution in [1.29, 1.82) is 0 Å². The Morgan fingerprint density at radius 1 is 1.64 bits per heavy atom. The Balaban J connectivity index is 2.30. The maximum atomic E-state index is 10.6. The monoisotopic (exact) mass is 180 g/mol. The standard InChI is InChI=1S/C5H12N2O3S/c1-2-10-5-3-7(4-5)11(6,8)9/h5H,2-4H2,1H3,(H2,6,8,9). The Kier molecular flexibility index (Phi) is 2.48. The molecule has 1 aliphatic rings. The van der Waals surface area contributed by atoms with Crippen LogP contribution in [0, 0.1) is 0 Å². The summed E-state index contributed by atoms with van der Waals surface area (Å²) in [5, 5.41) is 4.84. The molecule has 66 valence electrons. The molecule has 0 saturated carbocycles. The summed E-state index contributed by atoms with van der Waals surface area (Å²) in [5.74, 6) is 0. The van der Waals surface area contributed by atoms with Crippen LogP contribution < -0.4 is 5.14 Å². The molecular formula is C5H12N2O3S. The highest BCUT2D eigenvalue weighted by atomic mass is 32.2. The van der Waals surface area contributed by atoms with E-state index in [0.29, 0.717) is 19.7 Å². The zero-order valence-electron chi connectivity index (χ0n) is 6.36. The highest BCUT2D eigenvalue weighted by molar-refractivity contribution is 7.86. The summed E-state index contributed by atoms with van der Waals surface area (Å²) in [4.78, 5) is 0. The van der Waals surface area contributed by atoms with E-state index in [4.69, 9.17) is 9.88 Å². The first kappa shape index (κ1) is 8.92. The fraction of sp³-hybridized carbons (Fsp3) is 1.00. The van der Waals surface area contributed by atoms with Gasteiger partial charge in [0.2, 0.25) is 0 Å². The predicted molar refractivity (Wildman–Crippen MR) is 40.1 cm³/mol. The van der Waals surface area contributed by atoms with Crippen LogP contribution in [0.1, 0.15) is 6.92 Å². The molecule has 1 aliphatic heterocycles. The van der Waals surface area contributed by atoms with Crippen LogP contribution in [0.15, 0.2) is 0 Å². The normalized spacial score (nSPS) is 21.6. The molecule has 0 spiro atoms. The molecule has 6 heteroatoms. The van der Waals surface area contributed by atoms with Gasteiger partial charge in [0, 0.05) is 19.7 Å². The van der Waals surface area contributed by atoms with Crippen LogP contribution in [0.5, 0.6) is 0 Å². The first-order valence-electron chi connectivity index (χ1n) is 3.43. The van der Waals surface area contributed by atoms with Gasteiger partial charge in [-0.25, -0.2) is 5.14 Å². The largest absolute Gasteiger partial charge is 0.376 e. The van der Waals surface area contributed by atoms with Crippen LogP contribution in [0.2, 0.25) is 0 Å². The van der Waals surface area contributed by atoms with Gasteiger partial charge in [0.05, 0.1) is 6.10 Å². The van der Waals surface area contributed by atoms with Crippen LogP contribution in [0.4, 0.5) is 0 Å². The van der Waals surface area contributed by atoms with E-state index in [-0.39, 0.29) is 6.10 Å². The SMILES string of the molecule is CCOC1CN(S(N)(=O)=O)C1. The number of ether oxygens (including phenoxy) is 1. The minimum absolute atomic E-state index is 0.0401. The third-order valence-electron chi connectivity index (χ3n) is 1.58. The molecule has 1 saturated heterocycles. The van der Waals surface area contributed by atoms with Gasteiger partial charge < -0.3 is 4.74 Å². The van der Waals surface area contributed by atoms with Crippen LogP contribution in [-0.4, -0.2) is 38.5 Å². The van der Waals surface area contributed by atoms with E-state index in [2.05, 4.69) is 0 Å². The third-order valence-corrected chi connectivity index (χ3v) is 2.59. The zero-order chi connectivity index (χ0) is 8.48. The van der Waals surface area contributed by atoms with Crippen molar-refractivity contribution in [2.24, 2.45) is 5.14 Å². The summed E-state index contributed by atoms with van der Waals surface area (Å²) in [5.41, 5.74) is 0. The Morgan fingerprint density at radius 2 is 2.18 bits per heavy atom. The van der Waals surface area contributed by atoms with Gasteiger partial charge in [0.1, 0.15) is 0 Å². The molecule has 1 fully saturated rings. The molecule has 0 aromatic heterocycles. The van der Waals surface area contributed by atoms with Crippen molar-refractivity contribution in [2.45, 2.75) is 13.0 Å². The van der Waals surface area contributed by atoms with Gasteiger partial charge in [0.15, 0.2) is 0 Å². The van der Waals surface area contributed by atoms with Gasteiger partial charge in [-0.1, -0.05) is 0 Å². The number of nitrogens with zero attached hydrogens (tertiary/aromatic N) is 1. The molecule has 0 atom stereocenters. The molecule has 1 rings (SSSR count). The van der Waals surface area contributed by atoms with Crippen molar-refractivity contribution >= 4 is 10.2 Å². The van der Waals surface area contributed by atoms with Crippen LogP contribution in [-0.2, 0) is 14.9 Å². The highest BCUT2D eigenvalue weighted by Gasteiger charge is 2.33. The average Bonchev–Trinajstić information content (AvgIpc) is 1.74. The first-order chi connectivity index (χ1) is 5.04. The van der Waals surface area contributed by atoms with Gasteiger partial charge in [-0.05, 0) is 6.92 Å². The molecule has 0 aromatic rings. The topological polar surface area (TPSA) is 72.6 Å². The minimum Gasteiger partial charge on any atom is -0.376 e. The second-order valence-corrected chi connectivity index (χ2v) is 3.99. The number of hydrogen-bond donors (Lipinski definition) is 1. The van der Waals surface area contributed by atoms with Crippen LogP contribution >= 0.6 is 0 Å². The fourth-order valence-corrected chi connectivity index (χ4v) is 1.70. The number of hydrogen-bond acceptors (Lipinski definition) is 3. The maximum absolute atomic E-state index is 10.6. The van der Waals surface area contributed by atoms with E-state index in [0.717, 1.165) is 0 Å². The first-order valence-corrected chi connectivity index (χ1v) is 4.94. The van der Waals surface area contributed by atoms with Crippen LogP contribution in [0.3, 0.4) is 0 Å². The summed E-state index contributed by atoms with van der Waals surface area (Å²) in [6, 6.07) is 0. The van der Waals surface area contributed by atoms with Gasteiger partial charge >= 0.3 is 0 Å². The van der Waals surface area contributed by atoms with E-state index in [1.807, 2.05) is 6.92 Å². The molecule has 0 unspecified atom stereocenters. The summed E-state index contributed by atoms with van der Waals surface area (Å²) in [7, 11) is -3.46. The van der Waals surface area contributed by atoms with E-state index in [9.17, 15) is 8.42 Å². The maximum Gasteiger partial charge on any atom is 0.277 e. The van der Waals surface area contributed by atoms with Gasteiger partial charge in [-0.15, -0.1) is 0 Å². The van der Waals surface area contributed by atoms with Gasteiger partial charge in [0.25, 0.3) is 10.2 Å². The minimum atomic E-state index is -3.46. The Labute approximate surface area is 66.3 Å². The Morgan fingerprint density at radius 3 is 2.55 bits per heavy atom. The smallest absolute Gasteiger partial charge is 0.277 e. The fourth-order valence-electron chi connectivity index (χ4n) is 0.950.